The van der Waals surface area contributed by atoms with Crippen molar-refractivity contribution >= 4 is 21.8 Å². The standard InChI is InChI=1S/C11H14BrNO3/c1-3-4-16-10-6-8(12)7(11(13)14)5-9(10)15-2/h5-6H,3-4H2,1-2H3,(H2,13,14). The Labute approximate surface area is 103 Å². The van der Waals surface area contributed by atoms with E-state index in [9.17, 15) is 4.79 Å². The molecule has 4 nitrogen and oxygen atoms in total. The number of carbonyl (C=O) groups excluding carboxylic acids is 1. The Morgan fingerprint density at radius 1 is 1.44 bits per heavy atom. The van der Waals surface area contributed by atoms with Crippen molar-refractivity contribution in [3.63, 3.8) is 0 Å². The summed E-state index contributed by atoms with van der Waals surface area (Å²) in [5.41, 5.74) is 5.60. The van der Waals surface area contributed by atoms with E-state index >= 15 is 0 Å². The van der Waals surface area contributed by atoms with E-state index in [1.807, 2.05) is 6.92 Å². The third-order valence-corrected chi connectivity index (χ3v) is 2.64. The van der Waals surface area contributed by atoms with Gasteiger partial charge in [0.15, 0.2) is 11.5 Å². The van der Waals surface area contributed by atoms with Gasteiger partial charge in [-0.2, -0.15) is 0 Å². The van der Waals surface area contributed by atoms with Crippen LogP contribution in [0.25, 0.3) is 0 Å². The van der Waals surface area contributed by atoms with E-state index in [1.165, 1.54) is 7.11 Å². The van der Waals surface area contributed by atoms with Crippen LogP contribution in [0.2, 0.25) is 0 Å². The van der Waals surface area contributed by atoms with E-state index in [4.69, 9.17) is 15.2 Å². The lowest BCUT2D eigenvalue weighted by atomic mass is 10.2. The summed E-state index contributed by atoms with van der Waals surface area (Å²) in [4.78, 5) is 11.1. The Kier molecular flexibility index (Phi) is 4.61. The largest absolute Gasteiger partial charge is 0.493 e. The molecular formula is C11H14BrNO3. The summed E-state index contributed by atoms with van der Waals surface area (Å²) in [6, 6.07) is 3.26. The Balaban J connectivity index is 3.10. The zero-order valence-electron chi connectivity index (χ0n) is 9.25. The van der Waals surface area contributed by atoms with Crippen LogP contribution in [-0.2, 0) is 0 Å². The summed E-state index contributed by atoms with van der Waals surface area (Å²) in [6.07, 6.45) is 0.901. The third kappa shape index (κ3) is 2.88. The summed E-state index contributed by atoms with van der Waals surface area (Å²) in [5.74, 6) is 0.596. The van der Waals surface area contributed by atoms with Gasteiger partial charge in [0.2, 0.25) is 5.91 Å². The zero-order valence-corrected chi connectivity index (χ0v) is 10.8. The summed E-state index contributed by atoms with van der Waals surface area (Å²) in [6.45, 7) is 2.61. The van der Waals surface area contributed by atoms with E-state index < -0.39 is 5.91 Å². The molecule has 0 bridgehead atoms. The molecule has 2 N–H and O–H groups in total. The average Bonchev–Trinajstić information content (AvgIpc) is 2.25. The van der Waals surface area contributed by atoms with E-state index in [0.29, 0.717) is 28.1 Å². The van der Waals surface area contributed by atoms with Gasteiger partial charge in [-0.25, -0.2) is 0 Å². The summed E-state index contributed by atoms with van der Waals surface area (Å²) < 4.78 is 11.2. The molecule has 0 aliphatic carbocycles. The fourth-order valence-electron chi connectivity index (χ4n) is 1.21. The minimum absolute atomic E-state index is 0.376. The number of hydrogen-bond donors (Lipinski definition) is 1. The molecule has 0 spiro atoms. The first kappa shape index (κ1) is 12.8. The van der Waals surface area contributed by atoms with Crippen LogP contribution in [0, 0.1) is 0 Å². The molecule has 0 aromatic heterocycles. The van der Waals surface area contributed by atoms with Crippen LogP contribution in [0.3, 0.4) is 0 Å². The maximum Gasteiger partial charge on any atom is 0.249 e. The van der Waals surface area contributed by atoms with Gasteiger partial charge in [0.1, 0.15) is 0 Å². The monoisotopic (exact) mass is 287 g/mol. The van der Waals surface area contributed by atoms with Crippen LogP contribution < -0.4 is 15.2 Å². The second kappa shape index (κ2) is 5.75. The van der Waals surface area contributed by atoms with Gasteiger partial charge in [-0.15, -0.1) is 0 Å². The molecule has 0 aliphatic heterocycles. The molecule has 1 aromatic rings. The number of primary amides is 1. The molecule has 0 radical (unpaired) electrons. The van der Waals surface area contributed by atoms with E-state index in [0.717, 1.165) is 6.42 Å². The fraction of sp³-hybridized carbons (Fsp3) is 0.364. The molecule has 0 heterocycles. The number of methoxy groups -OCH3 is 1. The van der Waals surface area contributed by atoms with Crippen molar-refractivity contribution in [2.24, 2.45) is 5.73 Å². The lowest BCUT2D eigenvalue weighted by Crippen LogP contribution is -2.12. The van der Waals surface area contributed by atoms with Crippen molar-refractivity contribution in [2.45, 2.75) is 13.3 Å². The first-order valence-electron chi connectivity index (χ1n) is 4.90. The van der Waals surface area contributed by atoms with Crippen LogP contribution >= 0.6 is 15.9 Å². The molecule has 1 aromatic carbocycles. The molecule has 88 valence electrons. The molecule has 0 atom stereocenters. The second-order valence-electron chi connectivity index (χ2n) is 3.20. The van der Waals surface area contributed by atoms with Gasteiger partial charge < -0.3 is 15.2 Å². The van der Waals surface area contributed by atoms with Crippen LogP contribution in [0.1, 0.15) is 23.7 Å². The average molecular weight is 288 g/mol. The van der Waals surface area contributed by atoms with Gasteiger partial charge in [0.05, 0.1) is 19.3 Å². The minimum atomic E-state index is -0.507. The lowest BCUT2D eigenvalue weighted by molar-refractivity contribution is 0.0999. The highest BCUT2D eigenvalue weighted by atomic mass is 79.9. The number of halogens is 1. The van der Waals surface area contributed by atoms with Crippen LogP contribution in [-0.4, -0.2) is 19.6 Å². The minimum Gasteiger partial charge on any atom is -0.493 e. The molecule has 0 fully saturated rings. The van der Waals surface area contributed by atoms with E-state index in [1.54, 1.807) is 12.1 Å². The Morgan fingerprint density at radius 2 is 2.12 bits per heavy atom. The normalized spacial score (nSPS) is 9.94. The molecular weight excluding hydrogens is 274 g/mol. The first-order valence-corrected chi connectivity index (χ1v) is 5.69. The highest BCUT2D eigenvalue weighted by molar-refractivity contribution is 9.10. The van der Waals surface area contributed by atoms with Crippen molar-refractivity contribution in [3.05, 3.63) is 22.2 Å². The topological polar surface area (TPSA) is 61.5 Å². The van der Waals surface area contributed by atoms with Gasteiger partial charge in [0.25, 0.3) is 0 Å². The molecule has 1 amide bonds. The van der Waals surface area contributed by atoms with Crippen molar-refractivity contribution in [1.82, 2.24) is 0 Å². The Hall–Kier alpha value is -1.23. The number of carbonyl (C=O) groups is 1. The highest BCUT2D eigenvalue weighted by Crippen LogP contribution is 2.33. The van der Waals surface area contributed by atoms with Crippen molar-refractivity contribution in [3.8, 4) is 11.5 Å². The van der Waals surface area contributed by atoms with Gasteiger partial charge >= 0.3 is 0 Å². The fourth-order valence-corrected chi connectivity index (χ4v) is 1.73. The Bertz CT molecular complexity index is 393. The molecule has 0 saturated carbocycles. The number of ether oxygens (including phenoxy) is 2. The molecule has 0 unspecified atom stereocenters. The molecule has 1 rings (SSSR count). The van der Waals surface area contributed by atoms with Gasteiger partial charge in [-0.05, 0) is 34.5 Å². The van der Waals surface area contributed by atoms with Gasteiger partial charge in [-0.3, -0.25) is 4.79 Å². The number of amides is 1. The van der Waals surface area contributed by atoms with Gasteiger partial charge in [-0.1, -0.05) is 6.92 Å². The lowest BCUT2D eigenvalue weighted by Gasteiger charge is -2.12. The van der Waals surface area contributed by atoms with Crippen molar-refractivity contribution in [2.75, 3.05) is 13.7 Å². The smallest absolute Gasteiger partial charge is 0.249 e. The molecule has 16 heavy (non-hydrogen) atoms. The SMILES string of the molecule is CCCOc1cc(Br)c(C(N)=O)cc1OC. The molecule has 0 aliphatic rings. The van der Waals surface area contributed by atoms with Crippen LogP contribution in [0.15, 0.2) is 16.6 Å². The number of hydrogen-bond acceptors (Lipinski definition) is 3. The maximum absolute atomic E-state index is 11.1. The van der Waals surface area contributed by atoms with Crippen LogP contribution in [0.5, 0.6) is 11.5 Å². The summed E-state index contributed by atoms with van der Waals surface area (Å²) >= 11 is 3.27. The number of rotatable bonds is 5. The third-order valence-electron chi connectivity index (χ3n) is 1.98. The van der Waals surface area contributed by atoms with E-state index in [2.05, 4.69) is 15.9 Å². The van der Waals surface area contributed by atoms with Crippen molar-refractivity contribution < 1.29 is 14.3 Å². The van der Waals surface area contributed by atoms with E-state index in [-0.39, 0.29) is 0 Å². The Morgan fingerprint density at radius 3 is 2.62 bits per heavy atom. The predicted molar refractivity (Wildman–Crippen MR) is 65.0 cm³/mol. The number of nitrogens with two attached hydrogens (primary N) is 1. The summed E-state index contributed by atoms with van der Waals surface area (Å²) in [5, 5.41) is 0. The number of benzene rings is 1. The van der Waals surface area contributed by atoms with Crippen molar-refractivity contribution in [1.29, 1.82) is 0 Å². The van der Waals surface area contributed by atoms with Gasteiger partial charge in [0, 0.05) is 4.47 Å². The quantitative estimate of drug-likeness (QED) is 0.904. The predicted octanol–water partition coefficient (Wildman–Crippen LogP) is 2.35. The zero-order chi connectivity index (χ0) is 12.1. The molecule has 5 heteroatoms. The van der Waals surface area contributed by atoms with Crippen LogP contribution in [0.4, 0.5) is 0 Å². The second-order valence-corrected chi connectivity index (χ2v) is 4.05. The maximum atomic E-state index is 11.1. The first-order chi connectivity index (χ1) is 7.60. The highest BCUT2D eigenvalue weighted by Gasteiger charge is 2.13. The molecule has 0 saturated heterocycles. The summed E-state index contributed by atoms with van der Waals surface area (Å²) in [7, 11) is 1.52.